The van der Waals surface area contributed by atoms with Crippen LogP contribution in [0.25, 0.3) is 0 Å². The zero-order valence-corrected chi connectivity index (χ0v) is 8.84. The van der Waals surface area contributed by atoms with Gasteiger partial charge in [0.05, 0.1) is 5.25 Å². The maximum atomic E-state index is 5.40. The van der Waals surface area contributed by atoms with Gasteiger partial charge in [0, 0.05) is 11.9 Å². The van der Waals surface area contributed by atoms with Gasteiger partial charge in [-0.1, -0.05) is 18.2 Å². The molecule has 1 atom stereocenters. The van der Waals surface area contributed by atoms with Crippen LogP contribution in [0.2, 0.25) is 0 Å². The summed E-state index contributed by atoms with van der Waals surface area (Å²) in [5, 5.41) is 0.349. The van der Waals surface area contributed by atoms with Crippen LogP contribution >= 0.6 is 11.8 Å². The van der Waals surface area contributed by atoms with Crippen LogP contribution in [0.15, 0.2) is 34.2 Å². The highest BCUT2D eigenvalue weighted by molar-refractivity contribution is 8.01. The number of hydrogen-bond acceptors (Lipinski definition) is 3. The Morgan fingerprint density at radius 3 is 3.00 bits per heavy atom. The predicted molar refractivity (Wildman–Crippen MR) is 60.5 cm³/mol. The zero-order valence-electron chi connectivity index (χ0n) is 8.03. The second-order valence-corrected chi connectivity index (χ2v) is 4.42. The van der Waals surface area contributed by atoms with Crippen LogP contribution in [0.5, 0.6) is 0 Å². The fourth-order valence-corrected chi connectivity index (χ4v) is 2.95. The molecule has 0 bridgehead atoms. The van der Waals surface area contributed by atoms with Crippen molar-refractivity contribution in [1.82, 2.24) is 5.43 Å². The summed E-state index contributed by atoms with van der Waals surface area (Å²) in [6, 6.07) is 8.43. The minimum absolute atomic E-state index is 0.349. The molecule has 1 aromatic rings. The average Bonchev–Trinajstić information content (AvgIpc) is 2.63. The summed E-state index contributed by atoms with van der Waals surface area (Å²) in [5.74, 6) is 6.27. The van der Waals surface area contributed by atoms with Crippen LogP contribution in [-0.4, -0.2) is 18.1 Å². The first kappa shape index (κ1) is 9.55. The lowest BCUT2D eigenvalue weighted by atomic mass is 10.1. The van der Waals surface area contributed by atoms with E-state index in [1.165, 1.54) is 10.5 Å². The number of nitrogens with zero attached hydrogens (tertiary/aromatic N) is 1. The Hall–Kier alpha value is -1.00. The summed E-state index contributed by atoms with van der Waals surface area (Å²) in [6.07, 6.45) is 1.01. The van der Waals surface area contributed by atoms with Gasteiger partial charge in [-0.15, -0.1) is 11.8 Å². The fourth-order valence-electron chi connectivity index (χ4n) is 1.64. The smallest absolute Gasteiger partial charge is 0.124 e. The molecule has 0 saturated heterocycles. The third-order valence-electron chi connectivity index (χ3n) is 2.34. The van der Waals surface area contributed by atoms with Gasteiger partial charge in [-0.3, -0.25) is 4.99 Å². The molecule has 0 aromatic heterocycles. The van der Waals surface area contributed by atoms with Crippen molar-refractivity contribution in [3.05, 3.63) is 29.8 Å². The van der Waals surface area contributed by atoms with Gasteiger partial charge in [-0.2, -0.15) is 0 Å². The Morgan fingerprint density at radius 1 is 1.57 bits per heavy atom. The number of fused-ring (bicyclic) bond motifs is 1. The number of amidine groups is 1. The van der Waals surface area contributed by atoms with E-state index < -0.39 is 0 Å². The number of nitrogens with one attached hydrogen (secondary N) is 1. The van der Waals surface area contributed by atoms with Crippen molar-refractivity contribution < 1.29 is 0 Å². The van der Waals surface area contributed by atoms with Crippen LogP contribution in [0.1, 0.15) is 5.56 Å². The molecule has 1 unspecified atom stereocenters. The lowest BCUT2D eigenvalue weighted by Crippen LogP contribution is -2.37. The quantitative estimate of drug-likeness (QED) is 0.315. The highest BCUT2D eigenvalue weighted by Crippen LogP contribution is 2.36. The van der Waals surface area contributed by atoms with Gasteiger partial charge < -0.3 is 5.43 Å². The molecular weight excluding hydrogens is 194 g/mol. The highest BCUT2D eigenvalue weighted by Gasteiger charge is 2.25. The van der Waals surface area contributed by atoms with Gasteiger partial charge in [-0.05, 0) is 18.1 Å². The van der Waals surface area contributed by atoms with Gasteiger partial charge in [0.25, 0.3) is 0 Å². The van der Waals surface area contributed by atoms with Gasteiger partial charge >= 0.3 is 0 Å². The third kappa shape index (κ3) is 1.63. The summed E-state index contributed by atoms with van der Waals surface area (Å²) < 4.78 is 0. The number of aliphatic imine (C=N–C) groups is 1. The Labute approximate surface area is 87.8 Å². The van der Waals surface area contributed by atoms with Crippen molar-refractivity contribution in [1.29, 1.82) is 0 Å². The van der Waals surface area contributed by atoms with Crippen LogP contribution in [0, 0.1) is 0 Å². The Morgan fingerprint density at radius 2 is 2.36 bits per heavy atom. The van der Waals surface area contributed by atoms with Gasteiger partial charge in [0.15, 0.2) is 0 Å². The molecule has 2 rings (SSSR count). The molecule has 74 valence electrons. The van der Waals surface area contributed by atoms with E-state index in [9.17, 15) is 0 Å². The zero-order chi connectivity index (χ0) is 9.97. The number of nitrogens with two attached hydrogens (primary N) is 1. The molecule has 0 spiro atoms. The lowest BCUT2D eigenvalue weighted by Gasteiger charge is -2.10. The molecule has 1 aliphatic heterocycles. The molecule has 0 amide bonds. The molecule has 1 aliphatic rings. The maximum absolute atomic E-state index is 5.40. The van der Waals surface area contributed by atoms with E-state index in [4.69, 9.17) is 5.84 Å². The first-order chi connectivity index (χ1) is 6.85. The monoisotopic (exact) mass is 207 g/mol. The number of thioether (sulfide) groups is 1. The average molecular weight is 207 g/mol. The van der Waals surface area contributed by atoms with Crippen LogP contribution in [0.4, 0.5) is 0 Å². The normalized spacial score (nSPS) is 20.7. The fraction of sp³-hybridized carbons (Fsp3) is 0.300. The van der Waals surface area contributed by atoms with Gasteiger partial charge in [-0.25, -0.2) is 5.84 Å². The second-order valence-electron chi connectivity index (χ2n) is 3.17. The van der Waals surface area contributed by atoms with Crippen molar-refractivity contribution in [2.45, 2.75) is 16.6 Å². The first-order valence-corrected chi connectivity index (χ1v) is 5.41. The maximum Gasteiger partial charge on any atom is 0.124 e. The van der Waals surface area contributed by atoms with Crippen molar-refractivity contribution >= 4 is 17.6 Å². The highest BCUT2D eigenvalue weighted by atomic mass is 32.2. The standard InChI is InChI=1S/C10H13N3S/c1-12-10(13-11)9-6-7-4-2-3-5-8(7)14-9/h2-5,9H,6,11H2,1H3,(H,12,13). The van der Waals surface area contributed by atoms with Crippen molar-refractivity contribution in [2.75, 3.05) is 7.05 Å². The Kier molecular flexibility index (Phi) is 2.74. The summed E-state index contributed by atoms with van der Waals surface area (Å²) in [6.45, 7) is 0. The molecule has 14 heavy (non-hydrogen) atoms. The molecule has 0 aliphatic carbocycles. The summed E-state index contributed by atoms with van der Waals surface area (Å²) >= 11 is 1.82. The first-order valence-electron chi connectivity index (χ1n) is 4.53. The Bertz CT molecular complexity index is 337. The summed E-state index contributed by atoms with van der Waals surface area (Å²) in [5.41, 5.74) is 4.05. The molecule has 0 saturated carbocycles. The molecule has 3 nitrogen and oxygen atoms in total. The SMILES string of the molecule is CN=C(NN)C1Cc2ccccc2S1. The largest absolute Gasteiger partial charge is 0.311 e. The van der Waals surface area contributed by atoms with E-state index in [2.05, 4.69) is 34.7 Å². The molecular formula is C10H13N3S. The van der Waals surface area contributed by atoms with E-state index in [0.29, 0.717) is 5.25 Å². The third-order valence-corrected chi connectivity index (χ3v) is 3.67. The minimum atomic E-state index is 0.349. The van der Waals surface area contributed by atoms with Crippen LogP contribution in [0.3, 0.4) is 0 Å². The molecule has 1 aromatic carbocycles. The van der Waals surface area contributed by atoms with Crippen LogP contribution in [-0.2, 0) is 6.42 Å². The van der Waals surface area contributed by atoms with Crippen molar-refractivity contribution in [3.63, 3.8) is 0 Å². The predicted octanol–water partition coefficient (Wildman–Crippen LogP) is 1.20. The van der Waals surface area contributed by atoms with E-state index in [0.717, 1.165) is 12.3 Å². The van der Waals surface area contributed by atoms with E-state index >= 15 is 0 Å². The van der Waals surface area contributed by atoms with Crippen molar-refractivity contribution in [2.24, 2.45) is 10.8 Å². The number of hydrazine groups is 1. The Balaban J connectivity index is 2.19. The summed E-state index contributed by atoms with van der Waals surface area (Å²) in [4.78, 5) is 5.47. The number of benzene rings is 1. The molecule has 3 N–H and O–H groups in total. The minimum Gasteiger partial charge on any atom is -0.311 e. The van der Waals surface area contributed by atoms with Crippen molar-refractivity contribution in [3.8, 4) is 0 Å². The molecule has 0 radical (unpaired) electrons. The number of hydrogen-bond donors (Lipinski definition) is 2. The molecule has 1 heterocycles. The van der Waals surface area contributed by atoms with E-state index in [1.54, 1.807) is 7.05 Å². The second kappa shape index (κ2) is 4.02. The lowest BCUT2D eigenvalue weighted by molar-refractivity contribution is 0.940. The van der Waals surface area contributed by atoms with E-state index in [-0.39, 0.29) is 0 Å². The molecule has 4 heteroatoms. The van der Waals surface area contributed by atoms with Gasteiger partial charge in [0.2, 0.25) is 0 Å². The van der Waals surface area contributed by atoms with Gasteiger partial charge in [0.1, 0.15) is 5.84 Å². The summed E-state index contributed by atoms with van der Waals surface area (Å²) in [7, 11) is 1.76. The molecule has 0 fully saturated rings. The number of rotatable bonds is 1. The van der Waals surface area contributed by atoms with Crippen LogP contribution < -0.4 is 11.3 Å². The van der Waals surface area contributed by atoms with E-state index in [1.807, 2.05) is 11.8 Å². The topological polar surface area (TPSA) is 50.4 Å².